The molecule has 0 aliphatic heterocycles. The molecule has 0 radical (unpaired) electrons. The summed E-state index contributed by atoms with van der Waals surface area (Å²) >= 11 is 0. The van der Waals surface area contributed by atoms with Gasteiger partial charge < -0.3 is 0 Å². The van der Waals surface area contributed by atoms with Gasteiger partial charge >= 0.3 is 113 Å². The van der Waals surface area contributed by atoms with Crippen LogP contribution in [0.3, 0.4) is 0 Å². The van der Waals surface area contributed by atoms with Crippen molar-refractivity contribution < 1.29 is 14.3 Å². The van der Waals surface area contributed by atoms with Crippen molar-refractivity contribution in [3.8, 4) is 0 Å². The Kier molecular flexibility index (Phi) is 4.02. The fourth-order valence-corrected chi connectivity index (χ4v) is 4.50. The van der Waals surface area contributed by atoms with Gasteiger partial charge in [-0.25, -0.2) is 0 Å². The summed E-state index contributed by atoms with van der Waals surface area (Å²) in [5.74, 6) is 0. The van der Waals surface area contributed by atoms with Crippen molar-refractivity contribution in [3.05, 3.63) is 60.7 Å². The van der Waals surface area contributed by atoms with Crippen LogP contribution >= 0.6 is 7.28 Å². The molecule has 3 nitrogen and oxygen atoms in total. The summed E-state index contributed by atoms with van der Waals surface area (Å²) in [6.45, 7) is 2.24. The first-order valence-electron chi connectivity index (χ1n) is 6.35. The molecule has 0 heterocycles. The van der Waals surface area contributed by atoms with Crippen LogP contribution in [-0.2, 0) is 4.52 Å². The Morgan fingerprint density at radius 3 is 1.63 bits per heavy atom. The van der Waals surface area contributed by atoms with Crippen LogP contribution in [0.5, 0.6) is 0 Å². The summed E-state index contributed by atoms with van der Waals surface area (Å²) in [7, 11) is -4.51. The van der Waals surface area contributed by atoms with Crippen LogP contribution in [0.4, 0.5) is 0 Å². The van der Waals surface area contributed by atoms with E-state index in [1.807, 2.05) is 19.1 Å². The van der Waals surface area contributed by atoms with Gasteiger partial charge in [0.1, 0.15) is 0 Å². The fourth-order valence-electron chi connectivity index (χ4n) is 1.96. The van der Waals surface area contributed by atoms with Gasteiger partial charge in [-0.3, -0.25) is 0 Å². The SMILES string of the molecule is CCCOP(O)(O)(c1ccccc1)c1ccccc1. The molecule has 0 fully saturated rings. The van der Waals surface area contributed by atoms with Gasteiger partial charge in [0, 0.05) is 0 Å². The van der Waals surface area contributed by atoms with E-state index in [1.165, 1.54) is 0 Å². The molecule has 102 valence electrons. The molecule has 0 spiro atoms. The van der Waals surface area contributed by atoms with Gasteiger partial charge in [-0.2, -0.15) is 0 Å². The third kappa shape index (κ3) is 2.70. The minimum absolute atomic E-state index is 0.300. The molecule has 0 amide bonds. The van der Waals surface area contributed by atoms with E-state index in [2.05, 4.69) is 0 Å². The molecule has 0 saturated carbocycles. The van der Waals surface area contributed by atoms with Crippen molar-refractivity contribution in [2.45, 2.75) is 13.3 Å². The summed E-state index contributed by atoms with van der Waals surface area (Å²) in [6.07, 6.45) is 0.721. The third-order valence-electron chi connectivity index (χ3n) is 2.98. The first kappa shape index (κ1) is 14.2. The Balaban J connectivity index is 2.57. The maximum absolute atomic E-state index is 11.0. The van der Waals surface area contributed by atoms with Crippen LogP contribution in [0.2, 0.25) is 0 Å². The predicted molar refractivity (Wildman–Crippen MR) is 79.8 cm³/mol. The molecule has 0 aliphatic carbocycles. The molecule has 19 heavy (non-hydrogen) atoms. The molecule has 2 aromatic carbocycles. The molecular formula is C15H19O3P. The van der Waals surface area contributed by atoms with Crippen molar-refractivity contribution in [1.82, 2.24) is 0 Å². The Hall–Kier alpha value is -1.25. The zero-order chi connectivity index (χ0) is 13.8. The second kappa shape index (κ2) is 5.40. The van der Waals surface area contributed by atoms with Crippen LogP contribution in [0.1, 0.15) is 13.3 Å². The van der Waals surface area contributed by atoms with Crippen LogP contribution in [0.25, 0.3) is 0 Å². The Morgan fingerprint density at radius 2 is 1.26 bits per heavy atom. The summed E-state index contributed by atoms with van der Waals surface area (Å²) in [6, 6.07) is 17.6. The van der Waals surface area contributed by atoms with Gasteiger partial charge in [0.2, 0.25) is 0 Å². The molecule has 0 unspecified atom stereocenters. The quantitative estimate of drug-likeness (QED) is 0.825. The van der Waals surface area contributed by atoms with Gasteiger partial charge in [0.25, 0.3) is 0 Å². The van der Waals surface area contributed by atoms with Crippen molar-refractivity contribution in [2.75, 3.05) is 6.61 Å². The van der Waals surface area contributed by atoms with Crippen molar-refractivity contribution in [2.24, 2.45) is 0 Å². The summed E-state index contributed by atoms with van der Waals surface area (Å²) < 4.78 is 5.58. The molecule has 4 heteroatoms. The Morgan fingerprint density at radius 1 is 0.842 bits per heavy atom. The number of hydrogen-bond acceptors (Lipinski definition) is 3. The average Bonchev–Trinajstić information content (AvgIpc) is 2.47. The summed E-state index contributed by atoms with van der Waals surface area (Å²) in [4.78, 5) is 22.0. The van der Waals surface area contributed by atoms with Crippen LogP contribution in [-0.4, -0.2) is 16.4 Å². The molecule has 0 bridgehead atoms. The second-order valence-electron chi connectivity index (χ2n) is 4.45. The van der Waals surface area contributed by atoms with E-state index >= 15 is 0 Å². The van der Waals surface area contributed by atoms with Crippen LogP contribution in [0, 0.1) is 0 Å². The summed E-state index contributed by atoms with van der Waals surface area (Å²) in [5, 5.41) is 0.848. The zero-order valence-electron chi connectivity index (χ0n) is 10.9. The van der Waals surface area contributed by atoms with E-state index in [0.29, 0.717) is 17.2 Å². The zero-order valence-corrected chi connectivity index (χ0v) is 11.8. The number of rotatable bonds is 5. The topological polar surface area (TPSA) is 49.7 Å². The fraction of sp³-hybridized carbons (Fsp3) is 0.200. The second-order valence-corrected chi connectivity index (χ2v) is 7.64. The molecule has 0 saturated heterocycles. The Labute approximate surface area is 113 Å². The first-order valence-corrected chi connectivity index (χ1v) is 8.41. The van der Waals surface area contributed by atoms with E-state index in [0.717, 1.165) is 6.42 Å². The van der Waals surface area contributed by atoms with Gasteiger partial charge in [0.15, 0.2) is 0 Å². The van der Waals surface area contributed by atoms with E-state index in [4.69, 9.17) is 4.52 Å². The van der Waals surface area contributed by atoms with E-state index < -0.39 is 7.28 Å². The van der Waals surface area contributed by atoms with E-state index in [1.54, 1.807) is 48.5 Å². The monoisotopic (exact) mass is 278 g/mol. The molecule has 0 aliphatic rings. The third-order valence-corrected chi connectivity index (χ3v) is 6.11. The number of hydrogen-bond donors (Lipinski definition) is 2. The summed E-state index contributed by atoms with van der Waals surface area (Å²) in [5.41, 5.74) is 0. The van der Waals surface area contributed by atoms with E-state index in [9.17, 15) is 9.79 Å². The molecule has 2 N–H and O–H groups in total. The first-order chi connectivity index (χ1) is 9.07. The minimum atomic E-state index is -4.51. The Bertz CT molecular complexity index is 482. The van der Waals surface area contributed by atoms with Crippen molar-refractivity contribution in [1.29, 1.82) is 0 Å². The maximum atomic E-state index is 11.0. The van der Waals surface area contributed by atoms with Gasteiger partial charge in [-0.15, -0.1) is 0 Å². The van der Waals surface area contributed by atoms with Gasteiger partial charge in [-0.05, 0) is 0 Å². The molecule has 2 aromatic rings. The normalized spacial score (nSPS) is 13.7. The molecule has 0 aromatic heterocycles. The number of benzene rings is 2. The molecular weight excluding hydrogens is 259 g/mol. The van der Waals surface area contributed by atoms with Crippen molar-refractivity contribution >= 4 is 17.9 Å². The molecule has 2 rings (SSSR count). The standard InChI is InChI=1S/C15H19O3P/c1-2-13-18-19(16,17,14-9-5-3-6-10-14)15-11-7-4-8-12-15/h3-12,16-17H,2,13H2,1H3. The van der Waals surface area contributed by atoms with Gasteiger partial charge in [-0.1, -0.05) is 0 Å². The van der Waals surface area contributed by atoms with Crippen LogP contribution < -0.4 is 10.6 Å². The molecule has 0 atom stereocenters. The van der Waals surface area contributed by atoms with Crippen molar-refractivity contribution in [3.63, 3.8) is 0 Å². The predicted octanol–water partition coefficient (Wildman–Crippen LogP) is 2.35. The average molecular weight is 278 g/mol. The van der Waals surface area contributed by atoms with E-state index in [-0.39, 0.29) is 0 Å². The van der Waals surface area contributed by atoms with Crippen LogP contribution in [0.15, 0.2) is 60.7 Å². The van der Waals surface area contributed by atoms with Gasteiger partial charge in [0.05, 0.1) is 0 Å².